The zero-order valence-corrected chi connectivity index (χ0v) is 16.5. The molecule has 0 unspecified atom stereocenters. The summed E-state index contributed by atoms with van der Waals surface area (Å²) in [5, 5.41) is 3.51. The second kappa shape index (κ2) is 7.52. The monoisotopic (exact) mass is 385 g/mol. The van der Waals surface area contributed by atoms with E-state index in [-0.39, 0.29) is 28.3 Å². The molecule has 0 saturated heterocycles. The third-order valence-corrected chi connectivity index (χ3v) is 4.79. The van der Waals surface area contributed by atoms with E-state index in [1.807, 2.05) is 13.8 Å². The topological polar surface area (TPSA) is 80.0 Å². The molecular weight excluding hydrogens is 362 g/mol. The molecule has 3 aromatic rings. The second-order valence-electron chi connectivity index (χ2n) is 7.25. The molecule has 0 bridgehead atoms. The predicted octanol–water partition coefficient (Wildman–Crippen LogP) is 4.01. The van der Waals surface area contributed by atoms with Crippen molar-refractivity contribution in [2.24, 2.45) is 0 Å². The van der Waals surface area contributed by atoms with Crippen molar-refractivity contribution in [2.45, 2.75) is 45.7 Å². The van der Waals surface area contributed by atoms with Gasteiger partial charge in [-0.1, -0.05) is 13.3 Å². The fraction of sp³-hybridized carbons (Fsp3) is 0.350. The van der Waals surface area contributed by atoms with Crippen molar-refractivity contribution in [2.75, 3.05) is 0 Å². The zero-order chi connectivity index (χ0) is 19.6. The molecular formula is C20H23N3O3S. The maximum absolute atomic E-state index is 12.8. The highest BCUT2D eigenvalue weighted by Crippen LogP contribution is 2.15. The van der Waals surface area contributed by atoms with E-state index in [9.17, 15) is 9.59 Å². The van der Waals surface area contributed by atoms with Crippen LogP contribution in [0.5, 0.6) is 0 Å². The lowest BCUT2D eigenvalue weighted by molar-refractivity contribution is 0.0909. The van der Waals surface area contributed by atoms with Gasteiger partial charge >= 0.3 is 0 Å². The summed E-state index contributed by atoms with van der Waals surface area (Å²) in [5.41, 5.74) is 0.519. The molecule has 2 N–H and O–H groups in total. The van der Waals surface area contributed by atoms with E-state index in [1.54, 1.807) is 36.6 Å². The number of rotatable bonds is 6. The number of carbonyl (C=O) groups is 1. The highest BCUT2D eigenvalue weighted by molar-refractivity contribution is 7.71. The third-order valence-electron chi connectivity index (χ3n) is 4.47. The number of fused-ring (bicyclic) bond motifs is 1. The summed E-state index contributed by atoms with van der Waals surface area (Å²) in [6.07, 6.45) is 3.42. The highest BCUT2D eigenvalue weighted by atomic mass is 32.1. The first-order valence-electron chi connectivity index (χ1n) is 8.92. The van der Waals surface area contributed by atoms with Crippen molar-refractivity contribution in [1.29, 1.82) is 0 Å². The van der Waals surface area contributed by atoms with Gasteiger partial charge in [0, 0.05) is 11.1 Å². The second-order valence-corrected chi connectivity index (χ2v) is 7.64. The van der Waals surface area contributed by atoms with Crippen molar-refractivity contribution in [3.05, 3.63) is 63.0 Å². The van der Waals surface area contributed by atoms with Gasteiger partial charge in [-0.15, -0.1) is 0 Å². The van der Waals surface area contributed by atoms with E-state index in [0.717, 1.165) is 12.8 Å². The van der Waals surface area contributed by atoms with Crippen LogP contribution in [0.25, 0.3) is 10.9 Å². The van der Waals surface area contributed by atoms with Gasteiger partial charge in [-0.3, -0.25) is 14.2 Å². The number of carbonyl (C=O) groups excluding carboxylic acids is 1. The van der Waals surface area contributed by atoms with Crippen LogP contribution in [-0.4, -0.2) is 21.0 Å². The Balaban J connectivity index is 1.96. The Bertz CT molecular complexity index is 1080. The fourth-order valence-corrected chi connectivity index (χ4v) is 3.42. The third kappa shape index (κ3) is 4.19. The highest BCUT2D eigenvalue weighted by Gasteiger charge is 2.20. The number of aromatic nitrogens is 2. The van der Waals surface area contributed by atoms with Crippen LogP contribution in [0, 0.1) is 4.77 Å². The van der Waals surface area contributed by atoms with Gasteiger partial charge in [-0.05, 0) is 62.8 Å². The number of hydrogen-bond acceptors (Lipinski definition) is 4. The summed E-state index contributed by atoms with van der Waals surface area (Å²) in [7, 11) is 0. The summed E-state index contributed by atoms with van der Waals surface area (Å²) >= 11 is 5.34. The number of amides is 1. The van der Waals surface area contributed by atoms with Crippen molar-refractivity contribution in [3.8, 4) is 0 Å². The number of nitrogens with zero attached hydrogens (tertiary/aromatic N) is 1. The zero-order valence-electron chi connectivity index (χ0n) is 15.7. The average molecular weight is 385 g/mol. The van der Waals surface area contributed by atoms with E-state index in [4.69, 9.17) is 16.6 Å². The Hall–Kier alpha value is -2.67. The minimum absolute atomic E-state index is 0.172. The summed E-state index contributed by atoms with van der Waals surface area (Å²) in [4.78, 5) is 28.4. The van der Waals surface area contributed by atoms with Crippen molar-refractivity contribution >= 4 is 29.0 Å². The lowest BCUT2D eigenvalue weighted by Gasteiger charge is -2.25. The molecule has 0 atom stereocenters. The standard InChI is InChI=1S/C20H23N3O3S/c1-4-9-20(2,3)22-17(24)13-7-8-15-16(11-13)21-19(27)23(18(15)25)12-14-6-5-10-26-14/h5-8,10-11H,4,9,12H2,1-3H3,(H,21,27)(H,22,24). The van der Waals surface area contributed by atoms with Crippen LogP contribution in [0.3, 0.4) is 0 Å². The van der Waals surface area contributed by atoms with Gasteiger partial charge in [0.15, 0.2) is 4.77 Å². The van der Waals surface area contributed by atoms with E-state index in [1.165, 1.54) is 4.57 Å². The number of benzene rings is 1. The molecule has 0 radical (unpaired) electrons. The minimum Gasteiger partial charge on any atom is -0.467 e. The first-order chi connectivity index (χ1) is 12.8. The molecule has 3 rings (SSSR count). The summed E-state index contributed by atoms with van der Waals surface area (Å²) in [6.45, 7) is 6.33. The quantitative estimate of drug-likeness (QED) is 0.628. The Kier molecular flexibility index (Phi) is 5.32. The number of hydrogen-bond donors (Lipinski definition) is 2. The molecule has 2 aromatic heterocycles. The largest absolute Gasteiger partial charge is 0.467 e. The summed E-state index contributed by atoms with van der Waals surface area (Å²) in [5.74, 6) is 0.472. The van der Waals surface area contributed by atoms with Gasteiger partial charge in [0.2, 0.25) is 0 Å². The van der Waals surface area contributed by atoms with Crippen LogP contribution in [0.2, 0.25) is 0 Å². The van der Waals surface area contributed by atoms with Gasteiger partial charge in [0.25, 0.3) is 11.5 Å². The molecule has 0 fully saturated rings. The normalized spacial score (nSPS) is 11.7. The first-order valence-corrected chi connectivity index (χ1v) is 9.33. The minimum atomic E-state index is -0.292. The lowest BCUT2D eigenvalue weighted by atomic mass is 9.98. The van der Waals surface area contributed by atoms with Crippen molar-refractivity contribution in [1.82, 2.24) is 14.9 Å². The molecule has 2 heterocycles. The number of furan rings is 1. The van der Waals surface area contributed by atoms with Gasteiger partial charge in [0.1, 0.15) is 5.76 Å². The number of aromatic amines is 1. The van der Waals surface area contributed by atoms with Crippen LogP contribution in [0.4, 0.5) is 0 Å². The number of H-pyrrole nitrogens is 1. The average Bonchev–Trinajstić information content (AvgIpc) is 3.10. The number of nitrogens with one attached hydrogen (secondary N) is 2. The summed E-state index contributed by atoms with van der Waals surface area (Å²) < 4.78 is 7.03. The van der Waals surface area contributed by atoms with Crippen molar-refractivity contribution in [3.63, 3.8) is 0 Å². The molecule has 6 nitrogen and oxygen atoms in total. The van der Waals surface area contributed by atoms with E-state index in [2.05, 4.69) is 17.2 Å². The van der Waals surface area contributed by atoms with Gasteiger partial charge in [0.05, 0.1) is 23.7 Å². The Morgan fingerprint density at radius 1 is 1.33 bits per heavy atom. The first kappa shape index (κ1) is 19.1. The molecule has 0 aliphatic carbocycles. The molecule has 7 heteroatoms. The smallest absolute Gasteiger partial charge is 0.262 e. The predicted molar refractivity (Wildman–Crippen MR) is 108 cm³/mol. The molecule has 27 heavy (non-hydrogen) atoms. The molecule has 0 saturated carbocycles. The maximum atomic E-state index is 12.8. The van der Waals surface area contributed by atoms with Gasteiger partial charge < -0.3 is 14.7 Å². The van der Waals surface area contributed by atoms with E-state index < -0.39 is 0 Å². The lowest BCUT2D eigenvalue weighted by Crippen LogP contribution is -2.43. The van der Waals surface area contributed by atoms with Gasteiger partial charge in [-0.25, -0.2) is 0 Å². The van der Waals surface area contributed by atoms with Crippen LogP contribution in [-0.2, 0) is 6.54 Å². The van der Waals surface area contributed by atoms with Crippen LogP contribution in [0.15, 0.2) is 45.8 Å². The summed E-state index contributed by atoms with van der Waals surface area (Å²) in [6, 6.07) is 8.54. The SMILES string of the molecule is CCCC(C)(C)NC(=O)c1ccc2c(=O)n(Cc3ccco3)c(=S)[nH]c2c1. The Labute approximate surface area is 162 Å². The van der Waals surface area contributed by atoms with Crippen LogP contribution >= 0.6 is 12.2 Å². The molecule has 0 aliphatic heterocycles. The molecule has 0 aliphatic rings. The molecule has 1 aromatic carbocycles. The van der Waals surface area contributed by atoms with E-state index >= 15 is 0 Å². The Morgan fingerprint density at radius 3 is 2.78 bits per heavy atom. The van der Waals surface area contributed by atoms with Gasteiger partial charge in [-0.2, -0.15) is 0 Å². The fourth-order valence-electron chi connectivity index (χ4n) is 3.16. The van der Waals surface area contributed by atoms with Crippen LogP contribution in [0.1, 0.15) is 49.7 Å². The maximum Gasteiger partial charge on any atom is 0.262 e. The Morgan fingerprint density at radius 2 is 2.11 bits per heavy atom. The van der Waals surface area contributed by atoms with Crippen molar-refractivity contribution < 1.29 is 9.21 Å². The van der Waals surface area contributed by atoms with Crippen LogP contribution < -0.4 is 10.9 Å². The molecule has 142 valence electrons. The molecule has 1 amide bonds. The van der Waals surface area contributed by atoms with E-state index in [0.29, 0.717) is 22.2 Å². The molecule has 0 spiro atoms.